The molecular weight excluding hydrogens is 148 g/mol. The van der Waals surface area contributed by atoms with Gasteiger partial charge in [0.25, 0.3) is 0 Å². The van der Waals surface area contributed by atoms with Gasteiger partial charge in [0.2, 0.25) is 0 Å². The molecule has 2 aliphatic carbocycles. The van der Waals surface area contributed by atoms with Crippen molar-refractivity contribution in [1.82, 2.24) is 0 Å². The van der Waals surface area contributed by atoms with Crippen LogP contribution in [0.3, 0.4) is 0 Å². The Balaban J connectivity index is 2.13. The molecule has 2 saturated carbocycles. The van der Waals surface area contributed by atoms with E-state index in [0.717, 1.165) is 5.92 Å². The molecule has 70 valence electrons. The van der Waals surface area contributed by atoms with E-state index in [9.17, 15) is 0 Å². The maximum Gasteiger partial charge on any atom is 0.0632 e. The topological polar surface area (TPSA) is 9.23 Å². The third-order valence-corrected chi connectivity index (χ3v) is 4.02. The molecule has 3 unspecified atom stereocenters. The molecule has 0 N–H and O–H groups in total. The van der Waals surface area contributed by atoms with Crippen molar-refractivity contribution in [2.45, 2.75) is 46.1 Å². The minimum absolute atomic E-state index is 0.515. The van der Waals surface area contributed by atoms with Gasteiger partial charge in [0.05, 0.1) is 6.10 Å². The highest BCUT2D eigenvalue weighted by Crippen LogP contribution is 2.65. The largest absolute Gasteiger partial charge is 0.381 e. The van der Waals surface area contributed by atoms with Crippen LogP contribution >= 0.6 is 0 Å². The van der Waals surface area contributed by atoms with Crippen molar-refractivity contribution in [3.63, 3.8) is 0 Å². The van der Waals surface area contributed by atoms with Gasteiger partial charge >= 0.3 is 0 Å². The van der Waals surface area contributed by atoms with E-state index in [-0.39, 0.29) is 0 Å². The van der Waals surface area contributed by atoms with E-state index in [1.807, 2.05) is 7.11 Å². The fraction of sp³-hybridized carbons (Fsp3) is 1.00. The van der Waals surface area contributed by atoms with E-state index in [0.29, 0.717) is 16.9 Å². The van der Waals surface area contributed by atoms with Crippen LogP contribution in [0.15, 0.2) is 0 Å². The van der Waals surface area contributed by atoms with Gasteiger partial charge in [0.15, 0.2) is 0 Å². The molecule has 0 aromatic heterocycles. The molecule has 0 aliphatic heterocycles. The van der Waals surface area contributed by atoms with E-state index in [1.165, 1.54) is 19.3 Å². The number of hydrogen-bond acceptors (Lipinski definition) is 1. The Morgan fingerprint density at radius 2 is 1.75 bits per heavy atom. The standard InChI is InChI=1S/C11H20O/c1-10(2)5-8-6-11(8,3)9(7-10)12-4/h8-9H,5-7H2,1-4H3. The summed E-state index contributed by atoms with van der Waals surface area (Å²) in [4.78, 5) is 0. The van der Waals surface area contributed by atoms with Crippen LogP contribution in [0.1, 0.15) is 40.0 Å². The van der Waals surface area contributed by atoms with Crippen molar-refractivity contribution in [2.24, 2.45) is 16.7 Å². The molecule has 12 heavy (non-hydrogen) atoms. The first-order chi connectivity index (χ1) is 5.48. The minimum atomic E-state index is 0.515. The van der Waals surface area contributed by atoms with Gasteiger partial charge in [-0.25, -0.2) is 0 Å². The Labute approximate surface area is 75.5 Å². The Hall–Kier alpha value is -0.0400. The Morgan fingerprint density at radius 3 is 2.33 bits per heavy atom. The smallest absolute Gasteiger partial charge is 0.0632 e. The van der Waals surface area contributed by atoms with Gasteiger partial charge in [-0.1, -0.05) is 20.8 Å². The first kappa shape index (κ1) is 8.55. The van der Waals surface area contributed by atoms with Crippen LogP contribution in [0.5, 0.6) is 0 Å². The zero-order valence-electron chi connectivity index (χ0n) is 8.68. The maximum absolute atomic E-state index is 5.58. The second-order valence-electron chi connectivity index (χ2n) is 5.70. The van der Waals surface area contributed by atoms with E-state index in [2.05, 4.69) is 20.8 Å². The Bertz CT molecular complexity index is 197. The first-order valence-electron chi connectivity index (χ1n) is 5.01. The summed E-state index contributed by atoms with van der Waals surface area (Å²) in [5.41, 5.74) is 1.06. The predicted octanol–water partition coefficient (Wildman–Crippen LogP) is 2.85. The van der Waals surface area contributed by atoms with Crippen molar-refractivity contribution >= 4 is 0 Å². The van der Waals surface area contributed by atoms with Crippen LogP contribution < -0.4 is 0 Å². The second-order valence-corrected chi connectivity index (χ2v) is 5.70. The summed E-state index contributed by atoms with van der Waals surface area (Å²) in [7, 11) is 1.87. The number of fused-ring (bicyclic) bond motifs is 1. The molecule has 2 aliphatic rings. The number of rotatable bonds is 1. The average Bonchev–Trinajstić information content (AvgIpc) is 2.57. The summed E-state index contributed by atoms with van der Waals surface area (Å²) in [6.07, 6.45) is 4.57. The number of ether oxygens (including phenoxy) is 1. The molecule has 0 bridgehead atoms. The highest BCUT2D eigenvalue weighted by Gasteiger charge is 2.60. The zero-order valence-corrected chi connectivity index (χ0v) is 8.68. The quantitative estimate of drug-likeness (QED) is 0.585. The molecule has 0 heterocycles. The Morgan fingerprint density at radius 1 is 1.08 bits per heavy atom. The average molecular weight is 168 g/mol. The van der Waals surface area contributed by atoms with Crippen LogP contribution in [-0.2, 0) is 4.74 Å². The van der Waals surface area contributed by atoms with Gasteiger partial charge in [0, 0.05) is 7.11 Å². The summed E-state index contributed by atoms with van der Waals surface area (Å²) in [5.74, 6) is 0.950. The summed E-state index contributed by atoms with van der Waals surface area (Å²) in [5, 5.41) is 0. The van der Waals surface area contributed by atoms with Crippen molar-refractivity contribution in [1.29, 1.82) is 0 Å². The van der Waals surface area contributed by atoms with Crippen molar-refractivity contribution in [3.8, 4) is 0 Å². The highest BCUT2D eigenvalue weighted by atomic mass is 16.5. The van der Waals surface area contributed by atoms with Gasteiger partial charge in [-0.15, -0.1) is 0 Å². The summed E-state index contributed by atoms with van der Waals surface area (Å²) < 4.78 is 5.58. The van der Waals surface area contributed by atoms with Crippen LogP contribution in [0.2, 0.25) is 0 Å². The van der Waals surface area contributed by atoms with Crippen molar-refractivity contribution in [2.75, 3.05) is 7.11 Å². The van der Waals surface area contributed by atoms with Gasteiger partial charge in [-0.2, -0.15) is 0 Å². The van der Waals surface area contributed by atoms with Gasteiger partial charge < -0.3 is 4.74 Å². The van der Waals surface area contributed by atoms with Crippen LogP contribution in [0.25, 0.3) is 0 Å². The highest BCUT2D eigenvalue weighted by molar-refractivity contribution is 5.10. The molecule has 0 saturated heterocycles. The lowest BCUT2D eigenvalue weighted by Crippen LogP contribution is -2.35. The van der Waals surface area contributed by atoms with E-state index in [1.54, 1.807) is 0 Å². The van der Waals surface area contributed by atoms with Gasteiger partial charge in [-0.3, -0.25) is 0 Å². The van der Waals surface area contributed by atoms with Gasteiger partial charge in [0.1, 0.15) is 0 Å². The normalized spacial score (nSPS) is 50.0. The van der Waals surface area contributed by atoms with Crippen LogP contribution in [0, 0.1) is 16.7 Å². The second kappa shape index (κ2) is 2.25. The number of hydrogen-bond donors (Lipinski definition) is 0. The molecule has 2 fully saturated rings. The molecule has 0 aromatic carbocycles. The molecule has 2 rings (SSSR count). The molecule has 0 amide bonds. The monoisotopic (exact) mass is 168 g/mol. The first-order valence-corrected chi connectivity index (χ1v) is 5.01. The Kier molecular flexibility index (Phi) is 1.61. The van der Waals surface area contributed by atoms with E-state index >= 15 is 0 Å². The van der Waals surface area contributed by atoms with Crippen molar-refractivity contribution in [3.05, 3.63) is 0 Å². The molecule has 1 heteroatoms. The van der Waals surface area contributed by atoms with Gasteiger partial charge in [-0.05, 0) is 36.0 Å². The summed E-state index contributed by atoms with van der Waals surface area (Å²) in [6.45, 7) is 7.13. The van der Waals surface area contributed by atoms with Crippen molar-refractivity contribution < 1.29 is 4.74 Å². The SMILES string of the molecule is COC1CC(C)(C)CC2CC21C. The molecule has 0 radical (unpaired) electrons. The lowest BCUT2D eigenvalue weighted by Gasteiger charge is -2.38. The third-order valence-electron chi connectivity index (χ3n) is 4.02. The lowest BCUT2D eigenvalue weighted by molar-refractivity contribution is -0.0203. The maximum atomic E-state index is 5.58. The van der Waals surface area contributed by atoms with E-state index < -0.39 is 0 Å². The van der Waals surface area contributed by atoms with E-state index in [4.69, 9.17) is 4.74 Å². The molecule has 3 atom stereocenters. The molecular formula is C11H20O. The third kappa shape index (κ3) is 1.10. The minimum Gasteiger partial charge on any atom is -0.381 e. The molecule has 0 aromatic rings. The predicted molar refractivity (Wildman–Crippen MR) is 50.0 cm³/mol. The zero-order chi connectivity index (χ0) is 8.98. The lowest BCUT2D eigenvalue weighted by atomic mass is 9.72. The molecule has 0 spiro atoms. The van der Waals surface area contributed by atoms with Crippen LogP contribution in [0.4, 0.5) is 0 Å². The summed E-state index contributed by atoms with van der Waals surface area (Å²) >= 11 is 0. The number of methoxy groups -OCH3 is 1. The fourth-order valence-corrected chi connectivity index (χ4v) is 3.01. The fourth-order valence-electron chi connectivity index (χ4n) is 3.01. The molecule has 1 nitrogen and oxygen atoms in total. The summed E-state index contributed by atoms with van der Waals surface area (Å²) in [6, 6.07) is 0. The van der Waals surface area contributed by atoms with Crippen LogP contribution in [-0.4, -0.2) is 13.2 Å².